The highest BCUT2D eigenvalue weighted by Gasteiger charge is 2.13. The highest BCUT2D eigenvalue weighted by atomic mass is 19.1. The van der Waals surface area contributed by atoms with E-state index in [0.717, 1.165) is 12.1 Å². The number of urea groups is 1. The second-order valence-electron chi connectivity index (χ2n) is 3.42. The Balaban J connectivity index is 2.73. The Bertz CT molecular complexity index is 460. The molecule has 0 unspecified atom stereocenters. The maximum atomic E-state index is 13.4. The van der Waals surface area contributed by atoms with Gasteiger partial charge in [0.25, 0.3) is 0 Å². The molecular weight excluding hydrogens is 242 g/mol. The number of aliphatic hydroxyl groups excluding tert-OH is 1. The summed E-state index contributed by atoms with van der Waals surface area (Å²) in [6, 6.07) is 1.15. The minimum Gasteiger partial charge on any atom is -0.396 e. The fourth-order valence-electron chi connectivity index (χ4n) is 1.21. The summed E-state index contributed by atoms with van der Waals surface area (Å²) in [5, 5.41) is 12.9. The zero-order valence-electron chi connectivity index (χ0n) is 9.46. The molecule has 0 saturated heterocycles. The van der Waals surface area contributed by atoms with Crippen LogP contribution >= 0.6 is 0 Å². The maximum absolute atomic E-state index is 13.4. The summed E-state index contributed by atoms with van der Waals surface area (Å²) in [4.78, 5) is 11.3. The standard InChI is InChI=1S/C12H12F2N2O2/c1-2-8-6-9(13)11(10(14)7-8)16-12(18)15-4-3-5-17/h1,6-7,17H,3-5H2,(H2,15,16,18). The highest BCUT2D eigenvalue weighted by Crippen LogP contribution is 2.20. The Labute approximate surface area is 103 Å². The van der Waals surface area contributed by atoms with Crippen molar-refractivity contribution in [2.24, 2.45) is 0 Å². The van der Waals surface area contributed by atoms with Gasteiger partial charge in [0.15, 0.2) is 11.6 Å². The summed E-state index contributed by atoms with van der Waals surface area (Å²) >= 11 is 0. The fourth-order valence-corrected chi connectivity index (χ4v) is 1.21. The van der Waals surface area contributed by atoms with Crippen molar-refractivity contribution in [3.63, 3.8) is 0 Å². The molecule has 4 nitrogen and oxygen atoms in total. The van der Waals surface area contributed by atoms with Crippen LogP contribution in [0.5, 0.6) is 0 Å². The van der Waals surface area contributed by atoms with Crippen LogP contribution < -0.4 is 10.6 Å². The van der Waals surface area contributed by atoms with Crippen molar-refractivity contribution in [2.75, 3.05) is 18.5 Å². The number of carbonyl (C=O) groups is 1. The number of hydrogen-bond donors (Lipinski definition) is 3. The molecule has 0 bridgehead atoms. The second kappa shape index (κ2) is 6.57. The molecule has 6 heteroatoms. The van der Waals surface area contributed by atoms with Crippen molar-refractivity contribution in [1.29, 1.82) is 0 Å². The first kappa shape index (κ1) is 13.9. The molecule has 0 atom stereocenters. The molecule has 18 heavy (non-hydrogen) atoms. The van der Waals surface area contributed by atoms with E-state index in [-0.39, 0.29) is 18.7 Å². The third-order valence-corrected chi connectivity index (χ3v) is 2.07. The number of rotatable bonds is 4. The summed E-state index contributed by atoms with van der Waals surface area (Å²) < 4.78 is 26.9. The smallest absolute Gasteiger partial charge is 0.319 e. The van der Waals surface area contributed by atoms with Gasteiger partial charge < -0.3 is 15.7 Å². The number of benzene rings is 1. The molecule has 1 aromatic carbocycles. The predicted molar refractivity (Wildman–Crippen MR) is 63.0 cm³/mol. The van der Waals surface area contributed by atoms with Crippen LogP contribution in [0.15, 0.2) is 12.1 Å². The van der Waals surface area contributed by atoms with E-state index in [4.69, 9.17) is 11.5 Å². The number of amides is 2. The molecule has 0 heterocycles. The SMILES string of the molecule is C#Cc1cc(F)c(NC(=O)NCCCO)c(F)c1. The number of aliphatic hydroxyl groups is 1. The van der Waals surface area contributed by atoms with E-state index in [1.54, 1.807) is 0 Å². The molecule has 1 aromatic rings. The van der Waals surface area contributed by atoms with Crippen LogP contribution in [-0.2, 0) is 0 Å². The summed E-state index contributed by atoms with van der Waals surface area (Å²) in [5.74, 6) is 0.207. The molecule has 0 radical (unpaired) electrons. The molecule has 2 amide bonds. The Kier molecular flexibility index (Phi) is 5.08. The van der Waals surface area contributed by atoms with Crippen molar-refractivity contribution in [3.05, 3.63) is 29.3 Å². The normalized spacial score (nSPS) is 9.67. The Morgan fingerprint density at radius 2 is 2.00 bits per heavy atom. The number of anilines is 1. The average molecular weight is 254 g/mol. The van der Waals surface area contributed by atoms with Crippen LogP contribution in [0.2, 0.25) is 0 Å². The zero-order chi connectivity index (χ0) is 13.5. The molecule has 0 spiro atoms. The Morgan fingerprint density at radius 3 is 2.50 bits per heavy atom. The minimum atomic E-state index is -0.944. The van der Waals surface area contributed by atoms with Gasteiger partial charge in [-0.25, -0.2) is 13.6 Å². The number of nitrogens with one attached hydrogen (secondary N) is 2. The monoisotopic (exact) mass is 254 g/mol. The van der Waals surface area contributed by atoms with E-state index in [1.807, 2.05) is 5.32 Å². The quantitative estimate of drug-likeness (QED) is 0.562. The van der Waals surface area contributed by atoms with Crippen LogP contribution in [0.1, 0.15) is 12.0 Å². The fraction of sp³-hybridized carbons (Fsp3) is 0.250. The maximum Gasteiger partial charge on any atom is 0.319 e. The summed E-state index contributed by atoms with van der Waals surface area (Å²) in [7, 11) is 0. The largest absolute Gasteiger partial charge is 0.396 e. The van der Waals surface area contributed by atoms with Crippen molar-refractivity contribution >= 4 is 11.7 Å². The molecule has 0 aliphatic rings. The van der Waals surface area contributed by atoms with Crippen molar-refractivity contribution in [1.82, 2.24) is 5.32 Å². The zero-order valence-corrected chi connectivity index (χ0v) is 9.46. The van der Waals surface area contributed by atoms with Gasteiger partial charge in [0, 0.05) is 18.7 Å². The van der Waals surface area contributed by atoms with E-state index in [2.05, 4.69) is 11.2 Å². The van der Waals surface area contributed by atoms with Crippen LogP contribution in [0.3, 0.4) is 0 Å². The van der Waals surface area contributed by atoms with Gasteiger partial charge in [-0.15, -0.1) is 6.42 Å². The Morgan fingerprint density at radius 1 is 1.39 bits per heavy atom. The van der Waals surface area contributed by atoms with Crippen molar-refractivity contribution in [3.8, 4) is 12.3 Å². The molecule has 0 aliphatic carbocycles. The number of hydrogen-bond acceptors (Lipinski definition) is 2. The van der Waals surface area contributed by atoms with Crippen LogP contribution in [0.4, 0.5) is 19.3 Å². The van der Waals surface area contributed by atoms with Crippen LogP contribution in [0.25, 0.3) is 0 Å². The van der Waals surface area contributed by atoms with Gasteiger partial charge >= 0.3 is 6.03 Å². The third kappa shape index (κ3) is 3.71. The topological polar surface area (TPSA) is 61.4 Å². The lowest BCUT2D eigenvalue weighted by atomic mass is 10.2. The van der Waals surface area contributed by atoms with Gasteiger partial charge in [0.1, 0.15) is 5.69 Å². The van der Waals surface area contributed by atoms with E-state index in [0.29, 0.717) is 6.42 Å². The molecule has 96 valence electrons. The van der Waals surface area contributed by atoms with E-state index in [1.165, 1.54) is 0 Å². The first-order valence-corrected chi connectivity index (χ1v) is 5.20. The van der Waals surface area contributed by atoms with Crippen molar-refractivity contribution in [2.45, 2.75) is 6.42 Å². The van der Waals surface area contributed by atoms with Gasteiger partial charge in [-0.1, -0.05) is 5.92 Å². The lowest BCUT2D eigenvalue weighted by molar-refractivity contribution is 0.248. The molecule has 0 aliphatic heterocycles. The van der Waals surface area contributed by atoms with E-state index < -0.39 is 23.4 Å². The molecular formula is C12H12F2N2O2. The molecule has 0 aromatic heterocycles. The molecule has 0 saturated carbocycles. The summed E-state index contributed by atoms with van der Waals surface area (Å²) in [6.45, 7) is 0.119. The van der Waals surface area contributed by atoms with Crippen molar-refractivity contribution < 1.29 is 18.7 Å². The first-order valence-electron chi connectivity index (χ1n) is 5.20. The van der Waals surface area contributed by atoms with Gasteiger partial charge in [-0.3, -0.25) is 0 Å². The highest BCUT2D eigenvalue weighted by molar-refractivity contribution is 5.89. The number of carbonyl (C=O) groups excluding carboxylic acids is 1. The van der Waals surface area contributed by atoms with Gasteiger partial charge in [-0.05, 0) is 18.6 Å². The minimum absolute atomic E-state index is 0.0521. The molecule has 1 rings (SSSR count). The van der Waals surface area contributed by atoms with Gasteiger partial charge in [-0.2, -0.15) is 0 Å². The van der Waals surface area contributed by atoms with E-state index >= 15 is 0 Å². The first-order chi connectivity index (χ1) is 8.58. The third-order valence-electron chi connectivity index (χ3n) is 2.07. The Hall–Kier alpha value is -2.13. The second-order valence-corrected chi connectivity index (χ2v) is 3.42. The van der Waals surface area contributed by atoms with Crippen LogP contribution in [-0.4, -0.2) is 24.3 Å². The number of halogens is 2. The predicted octanol–water partition coefficient (Wildman–Crippen LogP) is 1.45. The number of terminal acetylenes is 1. The van der Waals surface area contributed by atoms with Crippen LogP contribution in [0, 0.1) is 24.0 Å². The molecule has 0 fully saturated rings. The molecule has 3 N–H and O–H groups in total. The van der Waals surface area contributed by atoms with Gasteiger partial charge in [0.05, 0.1) is 0 Å². The lowest BCUT2D eigenvalue weighted by Crippen LogP contribution is -2.30. The van der Waals surface area contributed by atoms with Gasteiger partial charge in [0.2, 0.25) is 0 Å². The summed E-state index contributed by atoms with van der Waals surface area (Å²) in [6.07, 6.45) is 5.37. The summed E-state index contributed by atoms with van der Waals surface area (Å²) in [5.41, 5.74) is -0.508. The van der Waals surface area contributed by atoms with E-state index in [9.17, 15) is 13.6 Å². The average Bonchev–Trinajstić information content (AvgIpc) is 2.34. The lowest BCUT2D eigenvalue weighted by Gasteiger charge is -2.09.